The van der Waals surface area contributed by atoms with E-state index in [1.807, 2.05) is 53.0 Å². The smallest absolute Gasteiger partial charge is 0.237 e. The Morgan fingerprint density at radius 3 is 2.79 bits per heavy atom. The third-order valence-electron chi connectivity index (χ3n) is 6.65. The average molecular weight is 449 g/mol. The van der Waals surface area contributed by atoms with Crippen LogP contribution in [0.1, 0.15) is 48.4 Å². The Balaban J connectivity index is 1.40. The van der Waals surface area contributed by atoms with Crippen LogP contribution in [0.5, 0.6) is 5.75 Å². The number of benzene rings is 2. The fraction of sp³-hybridized carbons (Fsp3) is 0.385. The van der Waals surface area contributed by atoms with Crippen LogP contribution in [0.25, 0.3) is 0 Å². The van der Waals surface area contributed by atoms with Crippen molar-refractivity contribution in [2.24, 2.45) is 7.05 Å². The van der Waals surface area contributed by atoms with Crippen LogP contribution in [-0.2, 0) is 18.4 Å². The van der Waals surface area contributed by atoms with E-state index in [-0.39, 0.29) is 24.3 Å². The van der Waals surface area contributed by atoms with Crippen molar-refractivity contribution in [3.63, 3.8) is 0 Å². The molecule has 3 heterocycles. The van der Waals surface area contributed by atoms with Gasteiger partial charge in [-0.05, 0) is 31.4 Å². The zero-order valence-electron chi connectivity index (χ0n) is 18.9. The molecule has 0 radical (unpaired) electrons. The molecule has 0 bridgehead atoms. The molecule has 7 heteroatoms. The van der Waals surface area contributed by atoms with Gasteiger partial charge in [-0.3, -0.25) is 9.69 Å². The Hall–Kier alpha value is -3.19. The van der Waals surface area contributed by atoms with Crippen LogP contribution in [0.3, 0.4) is 0 Å². The Bertz CT molecular complexity index is 1130. The lowest BCUT2D eigenvalue weighted by Crippen LogP contribution is -2.45. The second kappa shape index (κ2) is 9.35. The standard InChI is InChI=1S/C26H29FN4O2/c1-29-15-13-28-26(29)22-11-6-7-14-31(22)25(32)18-30-16-19-8-2-5-12-23(19)33-24(17-30)20-9-3-4-10-21(20)27/h2-5,8-10,12-13,15,22,24H,6-7,11,14,16-18H2,1H3. The van der Waals surface area contributed by atoms with Gasteiger partial charge in [0.15, 0.2) is 0 Å². The highest BCUT2D eigenvalue weighted by atomic mass is 19.1. The van der Waals surface area contributed by atoms with Crippen molar-refractivity contribution in [1.29, 1.82) is 0 Å². The molecule has 2 aromatic carbocycles. The molecular formula is C26H29FN4O2. The van der Waals surface area contributed by atoms with Crippen LogP contribution in [0.2, 0.25) is 0 Å². The van der Waals surface area contributed by atoms with Gasteiger partial charge in [0.2, 0.25) is 5.91 Å². The molecule has 0 spiro atoms. The van der Waals surface area contributed by atoms with Gasteiger partial charge >= 0.3 is 0 Å². The highest BCUT2D eigenvalue weighted by molar-refractivity contribution is 5.79. The number of para-hydroxylation sites is 1. The normalized spacial score (nSPS) is 21.2. The van der Waals surface area contributed by atoms with Crippen molar-refractivity contribution in [2.45, 2.75) is 38.0 Å². The molecule has 0 saturated carbocycles. The van der Waals surface area contributed by atoms with Gasteiger partial charge in [0.1, 0.15) is 23.5 Å². The lowest BCUT2D eigenvalue weighted by atomic mass is 10.0. The first kappa shape index (κ1) is 21.6. The number of hydrogen-bond donors (Lipinski definition) is 0. The van der Waals surface area contributed by atoms with E-state index < -0.39 is 6.10 Å². The predicted molar refractivity (Wildman–Crippen MR) is 123 cm³/mol. The maximum atomic E-state index is 14.6. The Kier molecular flexibility index (Phi) is 6.13. The SMILES string of the molecule is Cn1ccnc1C1CCCCN1C(=O)CN1Cc2ccccc2OC(c2ccccc2F)C1. The van der Waals surface area contributed by atoms with Gasteiger partial charge in [-0.25, -0.2) is 9.37 Å². The molecule has 33 heavy (non-hydrogen) atoms. The summed E-state index contributed by atoms with van der Waals surface area (Å²) in [6.07, 6.45) is 6.22. The predicted octanol–water partition coefficient (Wildman–Crippen LogP) is 4.25. The number of aromatic nitrogens is 2. The van der Waals surface area contributed by atoms with Gasteiger partial charge in [-0.15, -0.1) is 0 Å². The summed E-state index contributed by atoms with van der Waals surface area (Å²) in [6, 6.07) is 14.5. The van der Waals surface area contributed by atoms with Crippen molar-refractivity contribution in [1.82, 2.24) is 19.4 Å². The summed E-state index contributed by atoms with van der Waals surface area (Å²) in [6.45, 7) is 1.99. The highest BCUT2D eigenvalue weighted by Gasteiger charge is 2.33. The van der Waals surface area contributed by atoms with E-state index in [1.54, 1.807) is 18.3 Å². The largest absolute Gasteiger partial charge is 0.484 e. The number of ether oxygens (including phenoxy) is 1. The quantitative estimate of drug-likeness (QED) is 0.599. The van der Waals surface area contributed by atoms with E-state index in [0.29, 0.717) is 18.7 Å². The first-order chi connectivity index (χ1) is 16.1. The minimum absolute atomic E-state index is 0.0101. The zero-order valence-corrected chi connectivity index (χ0v) is 18.9. The number of rotatable bonds is 4. The number of carbonyl (C=O) groups is 1. The zero-order chi connectivity index (χ0) is 22.8. The third-order valence-corrected chi connectivity index (χ3v) is 6.65. The molecule has 2 unspecified atom stereocenters. The lowest BCUT2D eigenvalue weighted by Gasteiger charge is -2.36. The number of piperidine rings is 1. The number of carbonyl (C=O) groups excluding carboxylic acids is 1. The number of halogens is 1. The number of amides is 1. The third kappa shape index (κ3) is 4.50. The number of imidazole rings is 1. The van der Waals surface area contributed by atoms with Crippen LogP contribution < -0.4 is 4.74 Å². The van der Waals surface area contributed by atoms with E-state index in [9.17, 15) is 9.18 Å². The molecule has 2 aliphatic heterocycles. The van der Waals surface area contributed by atoms with Crippen LogP contribution in [0.4, 0.5) is 4.39 Å². The molecule has 1 aromatic heterocycles. The maximum absolute atomic E-state index is 14.6. The number of hydrogen-bond acceptors (Lipinski definition) is 4. The first-order valence-corrected chi connectivity index (χ1v) is 11.6. The number of aryl methyl sites for hydroxylation is 1. The van der Waals surface area contributed by atoms with Gasteiger partial charge in [0.05, 0.1) is 12.6 Å². The molecule has 0 aliphatic carbocycles. The minimum Gasteiger partial charge on any atom is -0.484 e. The van der Waals surface area contributed by atoms with Crippen molar-refractivity contribution < 1.29 is 13.9 Å². The summed E-state index contributed by atoms with van der Waals surface area (Å²) < 4.78 is 22.9. The fourth-order valence-electron chi connectivity index (χ4n) is 4.98. The van der Waals surface area contributed by atoms with Crippen molar-refractivity contribution >= 4 is 5.91 Å². The van der Waals surface area contributed by atoms with E-state index in [0.717, 1.165) is 42.9 Å². The van der Waals surface area contributed by atoms with Crippen LogP contribution in [0, 0.1) is 5.82 Å². The Labute approximate surface area is 193 Å². The topological polar surface area (TPSA) is 50.6 Å². The molecule has 5 rings (SSSR count). The molecule has 3 aromatic rings. The summed E-state index contributed by atoms with van der Waals surface area (Å²) in [5.74, 6) is 1.45. The van der Waals surface area contributed by atoms with E-state index in [2.05, 4.69) is 9.88 Å². The van der Waals surface area contributed by atoms with Crippen LogP contribution in [-0.4, -0.2) is 44.9 Å². The molecular weight excluding hydrogens is 419 g/mol. The summed E-state index contributed by atoms with van der Waals surface area (Å²) >= 11 is 0. The van der Waals surface area contributed by atoms with E-state index in [4.69, 9.17) is 4.74 Å². The van der Waals surface area contributed by atoms with Gasteiger partial charge in [-0.1, -0.05) is 36.4 Å². The van der Waals surface area contributed by atoms with Crippen LogP contribution in [0.15, 0.2) is 60.9 Å². The monoisotopic (exact) mass is 448 g/mol. The molecule has 1 saturated heterocycles. The summed E-state index contributed by atoms with van der Waals surface area (Å²) in [5, 5.41) is 0. The molecule has 2 atom stereocenters. The molecule has 6 nitrogen and oxygen atoms in total. The van der Waals surface area contributed by atoms with E-state index >= 15 is 0 Å². The fourth-order valence-corrected chi connectivity index (χ4v) is 4.98. The molecule has 1 amide bonds. The molecule has 172 valence electrons. The summed E-state index contributed by atoms with van der Waals surface area (Å²) in [5.41, 5.74) is 1.51. The van der Waals surface area contributed by atoms with Crippen molar-refractivity contribution in [2.75, 3.05) is 19.6 Å². The number of fused-ring (bicyclic) bond motifs is 1. The summed E-state index contributed by atoms with van der Waals surface area (Å²) in [4.78, 5) is 22.1. The second-order valence-corrected chi connectivity index (χ2v) is 8.90. The minimum atomic E-state index is -0.491. The van der Waals surface area contributed by atoms with Crippen LogP contribution >= 0.6 is 0 Å². The first-order valence-electron chi connectivity index (χ1n) is 11.6. The maximum Gasteiger partial charge on any atom is 0.237 e. The van der Waals surface area contributed by atoms with E-state index in [1.165, 1.54) is 6.07 Å². The average Bonchev–Trinajstić information content (AvgIpc) is 3.16. The number of likely N-dealkylation sites (tertiary alicyclic amines) is 1. The number of nitrogens with zero attached hydrogens (tertiary/aromatic N) is 4. The van der Waals surface area contributed by atoms with Gasteiger partial charge < -0.3 is 14.2 Å². The van der Waals surface area contributed by atoms with Gasteiger partial charge in [0, 0.05) is 50.2 Å². The Morgan fingerprint density at radius 1 is 1.15 bits per heavy atom. The van der Waals surface area contributed by atoms with Gasteiger partial charge in [0.25, 0.3) is 0 Å². The molecule has 2 aliphatic rings. The Morgan fingerprint density at radius 2 is 1.97 bits per heavy atom. The van der Waals surface area contributed by atoms with Crippen molar-refractivity contribution in [3.8, 4) is 5.75 Å². The highest BCUT2D eigenvalue weighted by Crippen LogP contribution is 2.33. The summed E-state index contributed by atoms with van der Waals surface area (Å²) in [7, 11) is 1.97. The lowest BCUT2D eigenvalue weighted by molar-refractivity contribution is -0.136. The molecule has 0 N–H and O–H groups in total. The van der Waals surface area contributed by atoms with Crippen molar-refractivity contribution in [3.05, 3.63) is 83.7 Å². The molecule has 1 fully saturated rings. The second-order valence-electron chi connectivity index (χ2n) is 8.90. The van der Waals surface area contributed by atoms with Gasteiger partial charge in [-0.2, -0.15) is 0 Å².